The van der Waals surface area contributed by atoms with E-state index < -0.39 is 11.7 Å². The monoisotopic (exact) mass is 273 g/mol. The third-order valence-corrected chi connectivity index (χ3v) is 3.01. The molecule has 0 bridgehead atoms. The van der Waals surface area contributed by atoms with E-state index in [0.29, 0.717) is 11.4 Å². The molecule has 0 spiro atoms. The first kappa shape index (κ1) is 13.7. The summed E-state index contributed by atoms with van der Waals surface area (Å²) < 4.78 is 5.05. The molecule has 5 nitrogen and oxygen atoms in total. The smallest absolute Gasteiger partial charge is 0.261 e. The highest BCUT2D eigenvalue weighted by molar-refractivity contribution is 6.07. The first-order chi connectivity index (χ1) is 9.54. The SMILES string of the molecule is COc1ccc(N(C)C(=O)c2cccc(O)c2O)cc1. The van der Waals surface area contributed by atoms with Gasteiger partial charge in [-0.15, -0.1) is 0 Å². The number of nitrogens with zero attached hydrogens (tertiary/aromatic N) is 1. The summed E-state index contributed by atoms with van der Waals surface area (Å²) >= 11 is 0. The Bertz CT molecular complexity index is 622. The standard InChI is InChI=1S/C15H15NO4/c1-16(10-6-8-11(20-2)9-7-10)15(19)12-4-3-5-13(17)14(12)18/h3-9,17-18H,1-2H3. The van der Waals surface area contributed by atoms with Gasteiger partial charge >= 0.3 is 0 Å². The molecule has 20 heavy (non-hydrogen) atoms. The minimum absolute atomic E-state index is 0.0447. The quantitative estimate of drug-likeness (QED) is 0.842. The fraction of sp³-hybridized carbons (Fsp3) is 0.133. The number of phenols is 2. The first-order valence-corrected chi connectivity index (χ1v) is 5.97. The van der Waals surface area contributed by atoms with Gasteiger partial charge in [0.05, 0.1) is 12.7 Å². The van der Waals surface area contributed by atoms with Crippen LogP contribution >= 0.6 is 0 Å². The fourth-order valence-electron chi connectivity index (χ4n) is 1.81. The van der Waals surface area contributed by atoms with Crippen LogP contribution in [0.25, 0.3) is 0 Å². The molecule has 0 saturated heterocycles. The normalized spacial score (nSPS) is 10.1. The van der Waals surface area contributed by atoms with Gasteiger partial charge in [-0.3, -0.25) is 4.79 Å². The topological polar surface area (TPSA) is 70.0 Å². The van der Waals surface area contributed by atoms with Crippen LogP contribution in [0.3, 0.4) is 0 Å². The van der Waals surface area contributed by atoms with Crippen LogP contribution < -0.4 is 9.64 Å². The second-order valence-electron chi connectivity index (χ2n) is 4.24. The minimum atomic E-state index is -0.419. The van der Waals surface area contributed by atoms with Crippen molar-refractivity contribution in [1.82, 2.24) is 0 Å². The van der Waals surface area contributed by atoms with Gasteiger partial charge in [-0.2, -0.15) is 0 Å². The van der Waals surface area contributed by atoms with Crippen molar-refractivity contribution in [3.05, 3.63) is 48.0 Å². The molecule has 0 heterocycles. The number of methoxy groups -OCH3 is 1. The summed E-state index contributed by atoms with van der Waals surface area (Å²) in [4.78, 5) is 13.7. The van der Waals surface area contributed by atoms with E-state index in [2.05, 4.69) is 0 Å². The number of carbonyl (C=O) groups excluding carboxylic acids is 1. The van der Waals surface area contributed by atoms with E-state index in [1.165, 1.54) is 23.1 Å². The average Bonchev–Trinajstić information content (AvgIpc) is 2.48. The number of benzene rings is 2. The van der Waals surface area contributed by atoms with Gasteiger partial charge in [0.15, 0.2) is 11.5 Å². The van der Waals surface area contributed by atoms with Gasteiger partial charge in [-0.25, -0.2) is 0 Å². The molecule has 0 saturated carbocycles. The van der Waals surface area contributed by atoms with Crippen molar-refractivity contribution in [3.63, 3.8) is 0 Å². The van der Waals surface area contributed by atoms with Crippen LogP contribution in [0.4, 0.5) is 5.69 Å². The van der Waals surface area contributed by atoms with Gasteiger partial charge in [0.1, 0.15) is 5.75 Å². The summed E-state index contributed by atoms with van der Waals surface area (Å²) in [7, 11) is 3.16. The first-order valence-electron chi connectivity index (χ1n) is 5.97. The number of para-hydroxylation sites is 1. The van der Waals surface area contributed by atoms with Crippen LogP contribution in [0.2, 0.25) is 0 Å². The Labute approximate surface area is 116 Å². The number of rotatable bonds is 3. The van der Waals surface area contributed by atoms with Crippen LogP contribution in [-0.4, -0.2) is 30.3 Å². The largest absolute Gasteiger partial charge is 0.504 e. The number of amides is 1. The molecule has 0 unspecified atom stereocenters. The Morgan fingerprint density at radius 1 is 1.10 bits per heavy atom. The summed E-state index contributed by atoms with van der Waals surface area (Å²) in [6.07, 6.45) is 0. The molecule has 0 radical (unpaired) electrons. The summed E-state index contributed by atoms with van der Waals surface area (Å²) in [5, 5.41) is 19.2. The minimum Gasteiger partial charge on any atom is -0.504 e. The molecule has 2 aromatic carbocycles. The van der Waals surface area contributed by atoms with E-state index in [1.807, 2.05) is 0 Å². The Balaban J connectivity index is 2.29. The van der Waals surface area contributed by atoms with Gasteiger partial charge in [0, 0.05) is 12.7 Å². The van der Waals surface area contributed by atoms with Crippen molar-refractivity contribution in [2.75, 3.05) is 19.1 Å². The molecular weight excluding hydrogens is 258 g/mol. The highest BCUT2D eigenvalue weighted by Gasteiger charge is 2.18. The van der Waals surface area contributed by atoms with E-state index in [1.54, 1.807) is 38.4 Å². The third kappa shape index (κ3) is 2.51. The van der Waals surface area contributed by atoms with Crippen molar-refractivity contribution < 1.29 is 19.7 Å². The van der Waals surface area contributed by atoms with Gasteiger partial charge in [-0.05, 0) is 36.4 Å². The molecule has 0 fully saturated rings. The molecule has 0 aliphatic carbocycles. The summed E-state index contributed by atoms with van der Waals surface area (Å²) in [5.74, 6) is -0.463. The lowest BCUT2D eigenvalue weighted by molar-refractivity contribution is 0.0989. The van der Waals surface area contributed by atoms with Crippen molar-refractivity contribution in [2.45, 2.75) is 0 Å². The van der Waals surface area contributed by atoms with E-state index in [-0.39, 0.29) is 11.3 Å². The second-order valence-corrected chi connectivity index (χ2v) is 4.24. The number of phenolic OH excluding ortho intramolecular Hbond substituents is 2. The van der Waals surface area contributed by atoms with Gasteiger partial charge in [-0.1, -0.05) is 6.07 Å². The van der Waals surface area contributed by atoms with Gasteiger partial charge < -0.3 is 19.8 Å². The number of aromatic hydroxyl groups is 2. The van der Waals surface area contributed by atoms with Crippen molar-refractivity contribution in [1.29, 1.82) is 0 Å². The molecule has 5 heteroatoms. The number of anilines is 1. The van der Waals surface area contributed by atoms with Crippen molar-refractivity contribution in [2.24, 2.45) is 0 Å². The van der Waals surface area contributed by atoms with Crippen LogP contribution in [0.1, 0.15) is 10.4 Å². The summed E-state index contributed by atoms with van der Waals surface area (Å²) in [6.45, 7) is 0. The van der Waals surface area contributed by atoms with Crippen LogP contribution in [-0.2, 0) is 0 Å². The van der Waals surface area contributed by atoms with Crippen molar-refractivity contribution >= 4 is 11.6 Å². The Hall–Kier alpha value is -2.69. The number of hydrogen-bond donors (Lipinski definition) is 2. The van der Waals surface area contributed by atoms with Crippen LogP contribution in [0.15, 0.2) is 42.5 Å². The highest BCUT2D eigenvalue weighted by atomic mass is 16.5. The Morgan fingerprint density at radius 2 is 1.75 bits per heavy atom. The molecule has 0 aliphatic rings. The van der Waals surface area contributed by atoms with Gasteiger partial charge in [0.25, 0.3) is 5.91 Å². The molecule has 2 N–H and O–H groups in total. The zero-order chi connectivity index (χ0) is 14.7. The van der Waals surface area contributed by atoms with Crippen LogP contribution in [0, 0.1) is 0 Å². The third-order valence-electron chi connectivity index (χ3n) is 3.01. The average molecular weight is 273 g/mol. The van der Waals surface area contributed by atoms with Crippen molar-refractivity contribution in [3.8, 4) is 17.2 Å². The molecule has 0 aliphatic heterocycles. The molecular formula is C15H15NO4. The summed E-state index contributed by atoms with van der Waals surface area (Å²) in [6, 6.07) is 11.2. The lowest BCUT2D eigenvalue weighted by Crippen LogP contribution is -2.26. The Morgan fingerprint density at radius 3 is 2.35 bits per heavy atom. The zero-order valence-corrected chi connectivity index (χ0v) is 11.2. The fourth-order valence-corrected chi connectivity index (χ4v) is 1.81. The van der Waals surface area contributed by atoms with Crippen LogP contribution in [0.5, 0.6) is 17.2 Å². The lowest BCUT2D eigenvalue weighted by atomic mass is 10.1. The highest BCUT2D eigenvalue weighted by Crippen LogP contribution is 2.30. The predicted molar refractivity (Wildman–Crippen MR) is 75.5 cm³/mol. The maximum atomic E-state index is 12.3. The van der Waals surface area contributed by atoms with E-state index in [4.69, 9.17) is 4.74 Å². The zero-order valence-electron chi connectivity index (χ0n) is 11.2. The predicted octanol–water partition coefficient (Wildman–Crippen LogP) is 2.38. The summed E-state index contributed by atoms with van der Waals surface area (Å²) in [5.41, 5.74) is 0.696. The molecule has 104 valence electrons. The number of hydrogen-bond acceptors (Lipinski definition) is 4. The van der Waals surface area contributed by atoms with Gasteiger partial charge in [0.2, 0.25) is 0 Å². The molecule has 2 aromatic rings. The lowest BCUT2D eigenvalue weighted by Gasteiger charge is -2.18. The molecule has 2 rings (SSSR count). The second kappa shape index (κ2) is 5.52. The van der Waals surface area contributed by atoms with E-state index in [0.717, 1.165) is 0 Å². The maximum Gasteiger partial charge on any atom is 0.261 e. The maximum absolute atomic E-state index is 12.3. The number of ether oxygens (including phenoxy) is 1. The molecule has 0 aromatic heterocycles. The van der Waals surface area contributed by atoms with E-state index in [9.17, 15) is 15.0 Å². The molecule has 1 amide bonds. The van der Waals surface area contributed by atoms with E-state index >= 15 is 0 Å². The Kier molecular flexibility index (Phi) is 3.79. The molecule has 0 atom stereocenters. The number of carbonyl (C=O) groups is 1.